The Labute approximate surface area is 150 Å². The van der Waals surface area contributed by atoms with Gasteiger partial charge in [0.25, 0.3) is 5.91 Å². The van der Waals surface area contributed by atoms with Crippen LogP contribution in [0.2, 0.25) is 0 Å². The molecule has 0 saturated carbocycles. The molecule has 134 valence electrons. The van der Waals surface area contributed by atoms with E-state index < -0.39 is 17.9 Å². The molecule has 0 bridgehead atoms. The molecule has 3 aromatic rings. The second-order valence-electron chi connectivity index (χ2n) is 5.79. The van der Waals surface area contributed by atoms with Crippen LogP contribution >= 0.6 is 0 Å². The Hall–Kier alpha value is -3.35. The molecule has 1 aromatic carbocycles. The fourth-order valence-electron chi connectivity index (χ4n) is 2.21. The van der Waals surface area contributed by atoms with Gasteiger partial charge in [-0.05, 0) is 38.1 Å². The number of aryl methyl sites for hydroxylation is 1. The molecule has 1 atom stereocenters. The van der Waals surface area contributed by atoms with Crippen molar-refractivity contribution in [2.24, 2.45) is 0 Å². The van der Waals surface area contributed by atoms with Gasteiger partial charge in [-0.15, -0.1) is 0 Å². The minimum absolute atomic E-state index is 0.0465. The van der Waals surface area contributed by atoms with Crippen LogP contribution in [0.3, 0.4) is 0 Å². The largest absolute Gasteiger partial charge is 0.459 e. The van der Waals surface area contributed by atoms with Crippen molar-refractivity contribution < 1.29 is 23.2 Å². The average molecular weight is 354 g/mol. The van der Waals surface area contributed by atoms with E-state index in [9.17, 15) is 9.59 Å². The Balaban J connectivity index is 1.53. The molecule has 0 aliphatic rings. The van der Waals surface area contributed by atoms with E-state index in [2.05, 4.69) is 10.3 Å². The van der Waals surface area contributed by atoms with Crippen LogP contribution in [-0.4, -0.2) is 22.9 Å². The smallest absolute Gasteiger partial charge is 0.328 e. The molecule has 7 nitrogen and oxygen atoms in total. The molecule has 0 fully saturated rings. The van der Waals surface area contributed by atoms with Gasteiger partial charge in [0.1, 0.15) is 24.6 Å². The fourth-order valence-corrected chi connectivity index (χ4v) is 2.21. The summed E-state index contributed by atoms with van der Waals surface area (Å²) < 4.78 is 15.6. The molecule has 2 heterocycles. The lowest BCUT2D eigenvalue weighted by atomic mass is 10.1. The van der Waals surface area contributed by atoms with E-state index in [0.717, 1.165) is 11.1 Å². The van der Waals surface area contributed by atoms with Gasteiger partial charge in [-0.2, -0.15) is 0 Å². The van der Waals surface area contributed by atoms with Crippen LogP contribution in [0.25, 0.3) is 11.5 Å². The average Bonchev–Trinajstić information content (AvgIpc) is 3.32. The van der Waals surface area contributed by atoms with Crippen molar-refractivity contribution in [2.45, 2.75) is 26.5 Å². The fraction of sp³-hybridized carbons (Fsp3) is 0.211. The van der Waals surface area contributed by atoms with Gasteiger partial charge >= 0.3 is 5.97 Å². The zero-order valence-electron chi connectivity index (χ0n) is 14.4. The third-order valence-electron chi connectivity index (χ3n) is 3.66. The van der Waals surface area contributed by atoms with Crippen LogP contribution in [-0.2, 0) is 16.1 Å². The first-order valence-corrected chi connectivity index (χ1v) is 8.05. The number of benzene rings is 1. The van der Waals surface area contributed by atoms with Crippen LogP contribution in [0, 0.1) is 6.92 Å². The third-order valence-corrected chi connectivity index (χ3v) is 3.66. The minimum Gasteiger partial charge on any atom is -0.459 e. The standard InChI is InChI=1S/C19H18N2O5/c1-12-5-7-14(8-6-12)18-21-15(10-25-18)11-26-19(23)13(2)20-17(22)16-4-3-9-24-16/h3-10,13H,11H2,1-2H3,(H,20,22)/t13-/m1/s1. The van der Waals surface area contributed by atoms with Gasteiger partial charge in [0.2, 0.25) is 5.89 Å². The SMILES string of the molecule is Cc1ccc(-c2nc(COC(=O)[C@@H](C)NC(=O)c3ccco3)co2)cc1. The monoisotopic (exact) mass is 354 g/mol. The summed E-state index contributed by atoms with van der Waals surface area (Å²) in [6.45, 7) is 3.48. The molecular formula is C19H18N2O5. The number of ether oxygens (including phenoxy) is 1. The first-order chi connectivity index (χ1) is 12.5. The quantitative estimate of drug-likeness (QED) is 0.684. The van der Waals surface area contributed by atoms with Gasteiger partial charge < -0.3 is 18.9 Å². The summed E-state index contributed by atoms with van der Waals surface area (Å²) in [4.78, 5) is 28.1. The number of oxazole rings is 1. The van der Waals surface area contributed by atoms with E-state index in [4.69, 9.17) is 13.6 Å². The Morgan fingerprint density at radius 3 is 2.65 bits per heavy atom. The molecule has 0 saturated heterocycles. The first-order valence-electron chi connectivity index (χ1n) is 8.05. The number of amides is 1. The molecule has 0 aliphatic carbocycles. The van der Waals surface area contributed by atoms with Gasteiger partial charge in [-0.3, -0.25) is 4.79 Å². The van der Waals surface area contributed by atoms with Crippen molar-refractivity contribution in [3.8, 4) is 11.5 Å². The van der Waals surface area contributed by atoms with E-state index >= 15 is 0 Å². The van der Waals surface area contributed by atoms with E-state index in [1.54, 1.807) is 6.07 Å². The molecule has 26 heavy (non-hydrogen) atoms. The Kier molecular flexibility index (Phi) is 5.17. The number of rotatable bonds is 6. The highest BCUT2D eigenvalue weighted by molar-refractivity contribution is 5.94. The zero-order valence-corrected chi connectivity index (χ0v) is 14.4. The molecule has 7 heteroatoms. The summed E-state index contributed by atoms with van der Waals surface area (Å²) in [6, 6.07) is 10.0. The van der Waals surface area contributed by atoms with Crippen molar-refractivity contribution in [3.05, 3.63) is 65.9 Å². The predicted octanol–water partition coefficient (Wildman–Crippen LogP) is 3.10. The lowest BCUT2D eigenvalue weighted by molar-refractivity contribution is -0.146. The number of hydrogen-bond donors (Lipinski definition) is 1. The van der Waals surface area contributed by atoms with Gasteiger partial charge in [-0.1, -0.05) is 17.7 Å². The maximum absolute atomic E-state index is 12.0. The van der Waals surface area contributed by atoms with E-state index in [1.807, 2.05) is 31.2 Å². The number of esters is 1. The first kappa shape index (κ1) is 17.5. The van der Waals surface area contributed by atoms with Crippen molar-refractivity contribution in [1.29, 1.82) is 0 Å². The number of hydrogen-bond acceptors (Lipinski definition) is 6. The second-order valence-corrected chi connectivity index (χ2v) is 5.79. The molecule has 0 spiro atoms. The molecule has 3 rings (SSSR count). The highest BCUT2D eigenvalue weighted by Crippen LogP contribution is 2.19. The maximum atomic E-state index is 12.0. The molecule has 1 amide bonds. The van der Waals surface area contributed by atoms with Crippen LogP contribution in [0.5, 0.6) is 0 Å². The molecule has 0 radical (unpaired) electrons. The third kappa shape index (κ3) is 4.18. The minimum atomic E-state index is -0.823. The topological polar surface area (TPSA) is 94.6 Å². The van der Waals surface area contributed by atoms with Gasteiger partial charge in [0.05, 0.1) is 6.26 Å². The summed E-state index contributed by atoms with van der Waals surface area (Å²) in [5, 5.41) is 2.50. The predicted molar refractivity (Wildman–Crippen MR) is 92.1 cm³/mol. The van der Waals surface area contributed by atoms with Gasteiger partial charge in [-0.25, -0.2) is 9.78 Å². The van der Waals surface area contributed by atoms with Crippen molar-refractivity contribution in [3.63, 3.8) is 0 Å². The number of nitrogens with zero attached hydrogens (tertiary/aromatic N) is 1. The Morgan fingerprint density at radius 1 is 1.19 bits per heavy atom. The zero-order chi connectivity index (χ0) is 18.5. The highest BCUT2D eigenvalue weighted by Gasteiger charge is 2.20. The van der Waals surface area contributed by atoms with E-state index in [0.29, 0.717) is 11.6 Å². The van der Waals surface area contributed by atoms with Crippen LogP contribution in [0.4, 0.5) is 0 Å². The van der Waals surface area contributed by atoms with E-state index in [-0.39, 0.29) is 12.4 Å². The van der Waals surface area contributed by atoms with E-state index in [1.165, 1.54) is 25.5 Å². The molecule has 1 N–H and O–H groups in total. The molecule has 0 unspecified atom stereocenters. The maximum Gasteiger partial charge on any atom is 0.328 e. The van der Waals surface area contributed by atoms with Crippen molar-refractivity contribution in [1.82, 2.24) is 10.3 Å². The summed E-state index contributed by atoms with van der Waals surface area (Å²) in [6.07, 6.45) is 2.82. The highest BCUT2D eigenvalue weighted by atomic mass is 16.5. The molecular weight excluding hydrogens is 336 g/mol. The lowest BCUT2D eigenvalue weighted by Gasteiger charge is -2.11. The van der Waals surface area contributed by atoms with Crippen LogP contribution in [0.15, 0.2) is 57.8 Å². The van der Waals surface area contributed by atoms with Gasteiger partial charge in [0, 0.05) is 5.56 Å². The number of aromatic nitrogens is 1. The summed E-state index contributed by atoms with van der Waals surface area (Å²) in [7, 11) is 0. The van der Waals surface area contributed by atoms with Crippen molar-refractivity contribution >= 4 is 11.9 Å². The Morgan fingerprint density at radius 2 is 1.96 bits per heavy atom. The number of carbonyl (C=O) groups excluding carboxylic acids is 2. The van der Waals surface area contributed by atoms with Gasteiger partial charge in [0.15, 0.2) is 5.76 Å². The van der Waals surface area contributed by atoms with Crippen LogP contribution < -0.4 is 5.32 Å². The normalized spacial score (nSPS) is 11.8. The molecule has 0 aliphatic heterocycles. The second kappa shape index (κ2) is 7.69. The van der Waals surface area contributed by atoms with Crippen molar-refractivity contribution in [2.75, 3.05) is 0 Å². The number of furan rings is 1. The number of nitrogens with one attached hydrogen (secondary N) is 1. The molecule has 2 aromatic heterocycles. The van der Waals surface area contributed by atoms with Crippen LogP contribution in [0.1, 0.15) is 28.7 Å². The summed E-state index contributed by atoms with van der Waals surface area (Å²) in [5.41, 5.74) is 2.46. The Bertz CT molecular complexity index is 881. The lowest BCUT2D eigenvalue weighted by Crippen LogP contribution is -2.39. The summed E-state index contributed by atoms with van der Waals surface area (Å²) in [5.74, 6) is -0.480. The summed E-state index contributed by atoms with van der Waals surface area (Å²) >= 11 is 0. The number of carbonyl (C=O) groups is 2.